The second-order valence-corrected chi connectivity index (χ2v) is 52.5. The number of benzene rings is 3. The van der Waals surface area contributed by atoms with E-state index in [-0.39, 0.29) is 11.6 Å². The van der Waals surface area contributed by atoms with Crippen molar-refractivity contribution in [2.75, 3.05) is 13.2 Å². The van der Waals surface area contributed by atoms with E-state index < -0.39 is 36.8 Å². The molecule has 0 spiro atoms. The summed E-state index contributed by atoms with van der Waals surface area (Å²) in [6.45, 7) is 10.1. The fourth-order valence-electron chi connectivity index (χ4n) is 8.37. The maximum absolute atomic E-state index is 16.3. The van der Waals surface area contributed by atoms with Crippen LogP contribution in [0.15, 0.2) is 48.5 Å². The average Bonchev–Trinajstić information content (AvgIpc) is 3.86. The molecule has 0 radical (unpaired) electrons. The van der Waals surface area contributed by atoms with Gasteiger partial charge >= 0.3 is 278 Å². The molecule has 60 heavy (non-hydrogen) atoms. The van der Waals surface area contributed by atoms with E-state index in [2.05, 4.69) is 81.6 Å². The molecule has 0 aliphatic rings. The van der Waals surface area contributed by atoms with Crippen LogP contribution >= 0.6 is 22.7 Å². The molecule has 2 unspecified atom stereocenters. The van der Waals surface area contributed by atoms with E-state index >= 15 is 8.78 Å². The first-order chi connectivity index (χ1) is 28.7. The van der Waals surface area contributed by atoms with Gasteiger partial charge in [0.05, 0.1) is 0 Å². The topological polar surface area (TPSA) is 18.5 Å². The molecule has 0 saturated carbocycles. The summed E-state index contributed by atoms with van der Waals surface area (Å²) in [6.07, 6.45) is 19.1. The molecule has 0 amide bonds. The predicted octanol–water partition coefficient (Wildman–Crippen LogP) is 17.1. The standard InChI is InChI=1S/C46H58F2O2S2.6CH3.2Sn/c1-5-9-13-15-19-33(17-11-7-3)31-49-41-23-21-35(29-39(41)47)43-37-25-27-52-46(37)44(38-26-28-51-45(38)43)36-22-24-42(40(48)30-36)50-32-34(18-12-8-4)20-16-14-10-6-2;;;;;;;;/h21-26,29-30,33-34H,5-20,31-32H2,1-4H3;6*1H3;;. The average molecular weight is 1070 g/mol. The molecule has 2 nitrogen and oxygen atoms in total. The summed E-state index contributed by atoms with van der Waals surface area (Å²) in [5, 5.41) is 2.31. The van der Waals surface area contributed by atoms with E-state index in [0.29, 0.717) is 36.5 Å². The Morgan fingerprint density at radius 3 is 1.18 bits per heavy atom. The summed E-state index contributed by atoms with van der Waals surface area (Å²) in [7, 11) is 0. The van der Waals surface area contributed by atoms with Gasteiger partial charge in [0, 0.05) is 0 Å². The van der Waals surface area contributed by atoms with Crippen LogP contribution in [-0.2, 0) is 0 Å². The first-order valence-corrected chi connectivity index (χ1v) is 45.2. The van der Waals surface area contributed by atoms with E-state index in [0.717, 1.165) is 71.6 Å². The summed E-state index contributed by atoms with van der Waals surface area (Å²) < 4.78 is 50.5. The van der Waals surface area contributed by atoms with Gasteiger partial charge in [0.15, 0.2) is 0 Å². The molecule has 2 atom stereocenters. The first kappa shape index (κ1) is 49.6. The van der Waals surface area contributed by atoms with Crippen molar-refractivity contribution in [2.24, 2.45) is 11.8 Å². The number of rotatable bonds is 26. The van der Waals surface area contributed by atoms with Crippen molar-refractivity contribution in [3.8, 4) is 33.8 Å². The molecular formula is C52H76F2O2S2Sn2. The minimum absolute atomic E-state index is 0.300. The van der Waals surface area contributed by atoms with Crippen molar-refractivity contribution in [1.82, 2.24) is 0 Å². The Kier molecular flexibility index (Phi) is 19.5. The predicted molar refractivity (Wildman–Crippen MR) is 268 cm³/mol. The Labute approximate surface area is 379 Å². The van der Waals surface area contributed by atoms with E-state index in [4.69, 9.17) is 9.47 Å². The van der Waals surface area contributed by atoms with Gasteiger partial charge in [0.2, 0.25) is 0 Å². The third-order valence-electron chi connectivity index (χ3n) is 12.2. The Bertz CT molecular complexity index is 1910. The van der Waals surface area contributed by atoms with Crippen LogP contribution in [0.3, 0.4) is 0 Å². The Morgan fingerprint density at radius 1 is 0.483 bits per heavy atom. The zero-order valence-electron chi connectivity index (χ0n) is 38.9. The molecule has 0 N–H and O–H groups in total. The molecule has 5 rings (SSSR count). The van der Waals surface area contributed by atoms with Crippen LogP contribution in [0.5, 0.6) is 11.5 Å². The minimum atomic E-state index is -2.59. The van der Waals surface area contributed by atoms with Crippen LogP contribution in [0.2, 0.25) is 29.6 Å². The van der Waals surface area contributed by atoms with Gasteiger partial charge in [0.1, 0.15) is 0 Å². The molecule has 0 aliphatic carbocycles. The van der Waals surface area contributed by atoms with Crippen molar-refractivity contribution in [3.05, 3.63) is 60.2 Å². The molecule has 0 saturated heterocycles. The Balaban J connectivity index is 1.56. The van der Waals surface area contributed by atoms with Gasteiger partial charge in [-0.05, 0) is 0 Å². The van der Waals surface area contributed by atoms with E-state index in [1.807, 2.05) is 34.8 Å². The Hall–Kier alpha value is -1.36. The maximum atomic E-state index is 16.3. The molecule has 3 aromatic carbocycles. The summed E-state index contributed by atoms with van der Waals surface area (Å²) >= 11 is -1.41. The third-order valence-corrected chi connectivity index (χ3v) is 33.3. The van der Waals surface area contributed by atoms with Crippen LogP contribution in [-0.4, -0.2) is 50.0 Å². The van der Waals surface area contributed by atoms with Crippen LogP contribution in [0.4, 0.5) is 8.78 Å². The molecule has 2 aromatic heterocycles. The molecule has 330 valence electrons. The van der Waals surface area contributed by atoms with Crippen LogP contribution in [0, 0.1) is 23.5 Å². The normalized spacial score (nSPS) is 13.4. The quantitative estimate of drug-likeness (QED) is 0.0406. The van der Waals surface area contributed by atoms with Crippen molar-refractivity contribution in [3.63, 3.8) is 0 Å². The number of unbranched alkanes of at least 4 members (excludes halogenated alkanes) is 8. The third kappa shape index (κ3) is 13.3. The van der Waals surface area contributed by atoms with Crippen LogP contribution in [0.1, 0.15) is 130 Å². The van der Waals surface area contributed by atoms with Crippen molar-refractivity contribution < 1.29 is 18.3 Å². The molecular weight excluding hydrogens is 996 g/mol. The number of ether oxygens (including phenoxy) is 2. The SMILES string of the molecule is CCCCCCC(CCCC)COc1ccc(-c2c3c[c]([Sn]([CH3])([CH3])[CH3])sc3c(-c3ccc(OCC(CCCC)CCCCCC)c(F)c3)c3c[c]([Sn]([CH3])([CH3])[CH3])sc23)cc1F. The van der Waals surface area contributed by atoms with Gasteiger partial charge in [-0.15, -0.1) is 0 Å². The van der Waals surface area contributed by atoms with Gasteiger partial charge in [0.25, 0.3) is 0 Å². The van der Waals surface area contributed by atoms with Crippen LogP contribution in [0.25, 0.3) is 42.4 Å². The van der Waals surface area contributed by atoms with Gasteiger partial charge in [-0.1, -0.05) is 105 Å². The molecule has 0 aliphatic heterocycles. The zero-order valence-corrected chi connectivity index (χ0v) is 46.2. The van der Waals surface area contributed by atoms with Gasteiger partial charge < -0.3 is 0 Å². The van der Waals surface area contributed by atoms with Gasteiger partial charge in [-0.25, -0.2) is 0 Å². The molecule has 5 aromatic rings. The monoisotopic (exact) mass is 1070 g/mol. The van der Waals surface area contributed by atoms with E-state index in [1.165, 1.54) is 79.4 Å². The summed E-state index contributed by atoms with van der Waals surface area (Å²) in [6, 6.07) is 16.1. The van der Waals surface area contributed by atoms with Crippen molar-refractivity contribution in [1.29, 1.82) is 0 Å². The number of halogens is 2. The number of thiophene rings is 2. The van der Waals surface area contributed by atoms with E-state index in [1.54, 1.807) is 12.1 Å². The molecule has 2 heterocycles. The summed E-state index contributed by atoms with van der Waals surface area (Å²) in [4.78, 5) is 14.8. The Morgan fingerprint density at radius 2 is 0.850 bits per heavy atom. The van der Waals surface area contributed by atoms with E-state index in [9.17, 15) is 0 Å². The molecule has 8 heteroatoms. The van der Waals surface area contributed by atoms with Crippen molar-refractivity contribution in [2.45, 2.75) is 160 Å². The van der Waals surface area contributed by atoms with Crippen LogP contribution < -0.4 is 15.3 Å². The second kappa shape index (κ2) is 23.5. The second-order valence-electron chi connectivity index (χ2n) is 19.6. The van der Waals surface area contributed by atoms with Crippen molar-refractivity contribution >= 4 is 85.4 Å². The van der Waals surface area contributed by atoms with Gasteiger partial charge in [-0.2, -0.15) is 0 Å². The molecule has 0 bridgehead atoms. The molecule has 0 fully saturated rings. The summed E-state index contributed by atoms with van der Waals surface area (Å²) in [5.41, 5.74) is 3.98. The fraction of sp³-hybridized carbons (Fsp3) is 0.577. The number of hydrogen-bond acceptors (Lipinski definition) is 4. The number of fused-ring (bicyclic) bond motifs is 2. The fourth-order valence-corrected chi connectivity index (χ4v) is 21.3. The van der Waals surface area contributed by atoms with Gasteiger partial charge in [-0.3, -0.25) is 0 Å². The zero-order chi connectivity index (χ0) is 43.5. The summed E-state index contributed by atoms with van der Waals surface area (Å²) in [5.74, 6) is 0.985. The number of hydrogen-bond donors (Lipinski definition) is 0. The first-order valence-electron chi connectivity index (χ1n) is 23.6.